The van der Waals surface area contributed by atoms with Gasteiger partial charge in [-0.25, -0.2) is 0 Å². The van der Waals surface area contributed by atoms with Gasteiger partial charge in [0, 0.05) is 19.3 Å². The van der Waals surface area contributed by atoms with Crippen LogP contribution in [0.4, 0.5) is 0 Å². The van der Waals surface area contributed by atoms with E-state index < -0.39 is 36.2 Å². The lowest BCUT2D eigenvalue weighted by Crippen LogP contribution is -2.39. The van der Waals surface area contributed by atoms with Crippen LogP contribution < -0.4 is 15.2 Å². The first-order chi connectivity index (χ1) is 17.9. The Morgan fingerprint density at radius 1 is 0.763 bits per heavy atom. The Morgan fingerprint density at radius 2 is 1.29 bits per heavy atom. The lowest BCUT2D eigenvalue weighted by atomic mass is 10.0. The van der Waals surface area contributed by atoms with Gasteiger partial charge in [0.2, 0.25) is 0 Å². The smallest absolute Gasteiger partial charge is 0.323 e. The van der Waals surface area contributed by atoms with E-state index in [1.807, 2.05) is 34.6 Å². The molecule has 214 valence electrons. The number of carbonyl (C=O) groups is 4. The predicted molar refractivity (Wildman–Crippen MR) is 144 cm³/mol. The van der Waals surface area contributed by atoms with Gasteiger partial charge in [-0.05, 0) is 56.2 Å². The molecule has 0 heterocycles. The first kappa shape index (κ1) is 33.1. The van der Waals surface area contributed by atoms with E-state index in [2.05, 4.69) is 0 Å². The molecule has 9 heteroatoms. The highest BCUT2D eigenvalue weighted by atomic mass is 16.6. The Labute approximate surface area is 226 Å². The van der Waals surface area contributed by atoms with E-state index in [9.17, 15) is 19.2 Å². The highest BCUT2D eigenvalue weighted by molar-refractivity contribution is 5.78. The molecule has 9 nitrogen and oxygen atoms in total. The standard InChI is InChI=1S/C29H45NO8/c1-8-11-26(31)35-20(6)21(7)36-29(34)23(30)16-22-12-13-24(37-27(32)14-18(4)9-2)25(17-22)38-28(33)15-19(5)10-3/h12-13,17-21,23H,8-11,14-16,30H2,1-7H3/t18?,19?,20-,21-,23-/m0/s1. The first-order valence-electron chi connectivity index (χ1n) is 13.6. The molecule has 0 fully saturated rings. The Bertz CT molecular complexity index is 931. The maximum atomic E-state index is 12.6. The number of hydrogen-bond acceptors (Lipinski definition) is 9. The van der Waals surface area contributed by atoms with Crippen LogP contribution in [0.2, 0.25) is 0 Å². The summed E-state index contributed by atoms with van der Waals surface area (Å²) in [4.78, 5) is 49.2. The molecule has 0 saturated heterocycles. The zero-order valence-corrected chi connectivity index (χ0v) is 23.9. The Kier molecular flexibility index (Phi) is 14.6. The first-order valence-corrected chi connectivity index (χ1v) is 13.6. The van der Waals surface area contributed by atoms with Gasteiger partial charge in [-0.1, -0.05) is 53.5 Å². The topological polar surface area (TPSA) is 131 Å². The molecule has 2 unspecified atom stereocenters. The highest BCUT2D eigenvalue weighted by Gasteiger charge is 2.25. The summed E-state index contributed by atoms with van der Waals surface area (Å²) in [5, 5.41) is 0. The summed E-state index contributed by atoms with van der Waals surface area (Å²) in [5.74, 6) is -1.36. The summed E-state index contributed by atoms with van der Waals surface area (Å²) in [5.41, 5.74) is 6.69. The molecule has 0 aliphatic heterocycles. The minimum atomic E-state index is -1.02. The van der Waals surface area contributed by atoms with Crippen LogP contribution in [-0.4, -0.2) is 42.1 Å². The van der Waals surface area contributed by atoms with Crippen molar-refractivity contribution in [2.24, 2.45) is 17.6 Å². The second-order valence-electron chi connectivity index (χ2n) is 10.1. The van der Waals surface area contributed by atoms with Crippen LogP contribution >= 0.6 is 0 Å². The zero-order valence-electron chi connectivity index (χ0n) is 23.9. The normalized spacial score (nSPS) is 14.9. The van der Waals surface area contributed by atoms with Crippen LogP contribution in [0, 0.1) is 11.8 Å². The van der Waals surface area contributed by atoms with Crippen molar-refractivity contribution < 1.29 is 38.1 Å². The van der Waals surface area contributed by atoms with Crippen LogP contribution in [0.5, 0.6) is 11.5 Å². The summed E-state index contributed by atoms with van der Waals surface area (Å²) in [6.07, 6.45) is 1.84. The molecular weight excluding hydrogens is 490 g/mol. The molecule has 5 atom stereocenters. The molecule has 0 amide bonds. The van der Waals surface area contributed by atoms with Gasteiger partial charge in [0.05, 0.1) is 0 Å². The highest BCUT2D eigenvalue weighted by Crippen LogP contribution is 2.30. The van der Waals surface area contributed by atoms with E-state index in [4.69, 9.17) is 24.7 Å². The molecule has 1 aromatic carbocycles. The van der Waals surface area contributed by atoms with E-state index in [-0.39, 0.29) is 55.0 Å². The van der Waals surface area contributed by atoms with Crippen LogP contribution in [0.1, 0.15) is 92.6 Å². The van der Waals surface area contributed by atoms with Crippen molar-refractivity contribution in [1.29, 1.82) is 0 Å². The Morgan fingerprint density at radius 3 is 1.82 bits per heavy atom. The maximum Gasteiger partial charge on any atom is 0.323 e. The molecule has 0 aliphatic carbocycles. The van der Waals surface area contributed by atoms with Gasteiger partial charge in [-0.3, -0.25) is 19.2 Å². The summed E-state index contributed by atoms with van der Waals surface area (Å²) in [7, 11) is 0. The molecule has 2 N–H and O–H groups in total. The van der Waals surface area contributed by atoms with Crippen molar-refractivity contribution in [3.8, 4) is 11.5 Å². The van der Waals surface area contributed by atoms with Crippen LogP contribution in [0.25, 0.3) is 0 Å². The second-order valence-corrected chi connectivity index (χ2v) is 10.1. The largest absolute Gasteiger partial charge is 0.459 e. The summed E-state index contributed by atoms with van der Waals surface area (Å²) >= 11 is 0. The second kappa shape index (κ2) is 16.8. The number of hydrogen-bond donors (Lipinski definition) is 1. The monoisotopic (exact) mass is 535 g/mol. The Balaban J connectivity index is 2.96. The van der Waals surface area contributed by atoms with Gasteiger partial charge in [-0.15, -0.1) is 0 Å². The summed E-state index contributed by atoms with van der Waals surface area (Å²) in [6, 6.07) is 3.72. The molecule has 0 radical (unpaired) electrons. The minimum absolute atomic E-state index is 0.0898. The fraction of sp³-hybridized carbons (Fsp3) is 0.655. The van der Waals surface area contributed by atoms with Crippen molar-refractivity contribution >= 4 is 23.9 Å². The van der Waals surface area contributed by atoms with E-state index in [1.54, 1.807) is 26.0 Å². The molecule has 1 aromatic rings. The van der Waals surface area contributed by atoms with Gasteiger partial charge in [-0.2, -0.15) is 0 Å². The van der Waals surface area contributed by atoms with Crippen LogP contribution in [-0.2, 0) is 35.1 Å². The molecule has 1 rings (SSSR count). The van der Waals surface area contributed by atoms with E-state index in [0.717, 1.165) is 12.8 Å². The SMILES string of the molecule is CCCC(=O)O[C@@H](C)[C@H](C)OC(=O)[C@@H](N)Cc1ccc(OC(=O)CC(C)CC)c(OC(=O)CC(C)CC)c1. The quantitative estimate of drug-likeness (QED) is 0.232. The van der Waals surface area contributed by atoms with Gasteiger partial charge >= 0.3 is 23.9 Å². The van der Waals surface area contributed by atoms with E-state index >= 15 is 0 Å². The third kappa shape index (κ3) is 12.1. The van der Waals surface area contributed by atoms with Crippen molar-refractivity contribution in [3.63, 3.8) is 0 Å². The average molecular weight is 536 g/mol. The Hall–Kier alpha value is -2.94. The van der Waals surface area contributed by atoms with Crippen LogP contribution in [0.15, 0.2) is 18.2 Å². The number of ether oxygens (including phenoxy) is 4. The van der Waals surface area contributed by atoms with Gasteiger partial charge in [0.1, 0.15) is 18.2 Å². The van der Waals surface area contributed by atoms with Gasteiger partial charge in [0.15, 0.2) is 11.5 Å². The van der Waals surface area contributed by atoms with Crippen molar-refractivity contribution in [2.45, 2.75) is 112 Å². The third-order valence-electron chi connectivity index (χ3n) is 6.37. The van der Waals surface area contributed by atoms with Gasteiger partial charge < -0.3 is 24.7 Å². The molecular formula is C29H45NO8. The number of benzene rings is 1. The molecule has 0 saturated carbocycles. The number of carbonyl (C=O) groups excluding carboxylic acids is 4. The van der Waals surface area contributed by atoms with Gasteiger partial charge in [0.25, 0.3) is 0 Å². The summed E-state index contributed by atoms with van der Waals surface area (Å²) in [6.45, 7) is 13.0. The third-order valence-corrected chi connectivity index (χ3v) is 6.37. The van der Waals surface area contributed by atoms with Crippen LogP contribution in [0.3, 0.4) is 0 Å². The molecule has 0 bridgehead atoms. The number of rotatable bonds is 16. The van der Waals surface area contributed by atoms with Crippen molar-refractivity contribution in [2.75, 3.05) is 0 Å². The predicted octanol–water partition coefficient (Wildman–Crippen LogP) is 4.90. The fourth-order valence-corrected chi connectivity index (χ4v) is 3.30. The average Bonchev–Trinajstić information content (AvgIpc) is 2.85. The molecule has 38 heavy (non-hydrogen) atoms. The number of esters is 4. The van der Waals surface area contributed by atoms with Crippen molar-refractivity contribution in [1.82, 2.24) is 0 Å². The van der Waals surface area contributed by atoms with E-state index in [1.165, 1.54) is 6.07 Å². The molecule has 0 aliphatic rings. The van der Waals surface area contributed by atoms with Crippen molar-refractivity contribution in [3.05, 3.63) is 23.8 Å². The summed E-state index contributed by atoms with van der Waals surface area (Å²) < 4.78 is 21.7. The molecule has 0 spiro atoms. The minimum Gasteiger partial charge on any atom is -0.459 e. The maximum absolute atomic E-state index is 12.6. The number of nitrogens with two attached hydrogens (primary N) is 1. The lowest BCUT2D eigenvalue weighted by molar-refractivity contribution is -0.166. The van der Waals surface area contributed by atoms with E-state index in [0.29, 0.717) is 12.0 Å². The lowest BCUT2D eigenvalue weighted by Gasteiger charge is -2.22. The zero-order chi connectivity index (χ0) is 28.8. The molecule has 0 aromatic heterocycles. The fourth-order valence-electron chi connectivity index (χ4n) is 3.30.